The molecule has 0 saturated heterocycles. The summed E-state index contributed by atoms with van der Waals surface area (Å²) < 4.78 is 77.0. The van der Waals surface area contributed by atoms with E-state index in [0.717, 1.165) is 0 Å². The summed E-state index contributed by atoms with van der Waals surface area (Å²) in [6.45, 7) is 0.215. The lowest BCUT2D eigenvalue weighted by atomic mass is 10.3. The van der Waals surface area contributed by atoms with Crippen LogP contribution in [0.15, 0.2) is 4.90 Å². The van der Waals surface area contributed by atoms with Gasteiger partial charge in [-0.3, -0.25) is 0 Å². The Balaban J connectivity index is 3.00. The monoisotopic (exact) mass is 335 g/mol. The molecule has 0 atom stereocenters. The van der Waals surface area contributed by atoms with E-state index in [0.29, 0.717) is 18.0 Å². The minimum absolute atomic E-state index is 0.241. The van der Waals surface area contributed by atoms with Gasteiger partial charge in [0.2, 0.25) is 0 Å². The fraction of sp³-hybridized carbons (Fsp3) is 0.667. The van der Waals surface area contributed by atoms with Gasteiger partial charge >= 0.3 is 12.3 Å². The third kappa shape index (κ3) is 3.72. The quantitative estimate of drug-likeness (QED) is 0.746. The third-order valence-electron chi connectivity index (χ3n) is 2.26. The number of nitrogens with zero attached hydrogens (tertiary/aromatic N) is 1. The van der Waals surface area contributed by atoms with Crippen molar-refractivity contribution < 1.29 is 26.0 Å². The van der Waals surface area contributed by atoms with Crippen LogP contribution in [0.25, 0.3) is 0 Å². The van der Waals surface area contributed by atoms with E-state index < -0.39 is 33.6 Å². The molecule has 0 radical (unpaired) electrons. The van der Waals surface area contributed by atoms with Crippen LogP contribution in [0.5, 0.6) is 0 Å². The average Bonchev–Trinajstić information content (AvgIpc) is 2.68. The molecule has 0 aliphatic rings. The molecule has 0 fully saturated rings. The van der Waals surface area contributed by atoms with E-state index in [9.17, 15) is 26.0 Å². The van der Waals surface area contributed by atoms with Crippen molar-refractivity contribution in [1.29, 1.82) is 0 Å². The first-order valence-electron chi connectivity index (χ1n) is 5.49. The molecule has 3 N–H and O–H groups in total. The normalized spacial score (nSPS) is 12.9. The summed E-state index contributed by atoms with van der Waals surface area (Å²) >= 11 is 0.538. The maximum absolute atomic E-state index is 12.8. The van der Waals surface area contributed by atoms with E-state index in [1.807, 2.05) is 5.32 Å². The summed E-state index contributed by atoms with van der Waals surface area (Å²) in [5, 5.41) is 1.73. The van der Waals surface area contributed by atoms with Crippen molar-refractivity contribution in [3.63, 3.8) is 0 Å². The highest BCUT2D eigenvalue weighted by Crippen LogP contribution is 2.34. The Bertz CT molecular complexity index is 560. The molecule has 0 bridgehead atoms. The summed E-state index contributed by atoms with van der Waals surface area (Å²) in [5.41, 5.74) is 5.40. The highest BCUT2D eigenvalue weighted by atomic mass is 32.2. The smallest absolute Gasteiger partial charge is 0.324 e. The topological polar surface area (TPSA) is 85.1 Å². The van der Waals surface area contributed by atoms with Gasteiger partial charge in [0.1, 0.15) is 9.90 Å². The van der Waals surface area contributed by atoms with Crippen LogP contribution in [-0.4, -0.2) is 37.4 Å². The first kappa shape index (κ1) is 17.0. The molecular formula is C9H13F4N3O2S2. The molecule has 11 heteroatoms. The number of sulfone groups is 1. The fourth-order valence-electron chi connectivity index (χ4n) is 1.35. The minimum atomic E-state index is -4.27. The Morgan fingerprint density at radius 1 is 1.45 bits per heavy atom. The second kappa shape index (κ2) is 6.12. The first-order valence-corrected chi connectivity index (χ1v) is 7.92. The molecule has 20 heavy (non-hydrogen) atoms. The number of hydrogen-bond donors (Lipinski definition) is 2. The molecule has 116 valence electrons. The Morgan fingerprint density at radius 2 is 2.05 bits per heavy atom. The summed E-state index contributed by atoms with van der Waals surface area (Å²) in [5.74, 6) is -4.84. The van der Waals surface area contributed by atoms with E-state index in [4.69, 9.17) is 5.73 Å². The van der Waals surface area contributed by atoms with Crippen LogP contribution in [0.4, 0.5) is 28.4 Å². The highest BCUT2D eigenvalue weighted by Gasteiger charge is 2.41. The van der Waals surface area contributed by atoms with Gasteiger partial charge in [0, 0.05) is 0 Å². The van der Waals surface area contributed by atoms with Crippen molar-refractivity contribution in [1.82, 2.24) is 4.37 Å². The summed E-state index contributed by atoms with van der Waals surface area (Å²) in [6, 6.07) is 0. The zero-order valence-electron chi connectivity index (χ0n) is 10.4. The molecule has 0 saturated carbocycles. The van der Waals surface area contributed by atoms with Gasteiger partial charge in [-0.05, 0) is 18.0 Å². The maximum Gasteiger partial charge on any atom is 0.324 e. The first-order chi connectivity index (χ1) is 9.12. The maximum atomic E-state index is 12.8. The number of rotatable bonds is 7. The summed E-state index contributed by atoms with van der Waals surface area (Å²) in [4.78, 5) is -0.408. The van der Waals surface area contributed by atoms with Gasteiger partial charge in [-0.15, -0.1) is 0 Å². The molecular weight excluding hydrogens is 322 g/mol. The van der Waals surface area contributed by atoms with Gasteiger partial charge < -0.3 is 11.1 Å². The number of nitrogens with one attached hydrogen (secondary N) is 1. The second-order valence-electron chi connectivity index (χ2n) is 3.96. The largest absolute Gasteiger partial charge is 0.382 e. The summed E-state index contributed by atoms with van der Waals surface area (Å²) in [7, 11) is -3.79. The van der Waals surface area contributed by atoms with Gasteiger partial charge in [0.15, 0.2) is 15.7 Å². The van der Waals surface area contributed by atoms with Gasteiger partial charge in [-0.2, -0.15) is 13.2 Å². The molecule has 0 aliphatic heterocycles. The SMILES string of the molecule is CCCS(=O)(=O)c1c(N)nsc1NCC(F)(F)C(F)F. The highest BCUT2D eigenvalue weighted by molar-refractivity contribution is 7.91. The zero-order valence-corrected chi connectivity index (χ0v) is 12.0. The van der Waals surface area contributed by atoms with Crippen LogP contribution in [0.1, 0.15) is 13.3 Å². The molecule has 0 aromatic carbocycles. The predicted molar refractivity (Wildman–Crippen MR) is 68.3 cm³/mol. The van der Waals surface area contributed by atoms with Gasteiger partial charge in [-0.25, -0.2) is 17.2 Å². The van der Waals surface area contributed by atoms with Crippen molar-refractivity contribution in [2.45, 2.75) is 30.6 Å². The Labute approximate surface area is 117 Å². The second-order valence-corrected chi connectivity index (χ2v) is 6.78. The predicted octanol–water partition coefficient (Wildman–Crippen LogP) is 2.22. The Morgan fingerprint density at radius 3 is 2.55 bits per heavy atom. The molecule has 0 spiro atoms. The number of aromatic nitrogens is 1. The fourth-order valence-corrected chi connectivity index (χ4v) is 3.97. The number of anilines is 2. The third-order valence-corrected chi connectivity index (χ3v) is 5.19. The molecule has 1 heterocycles. The summed E-state index contributed by atoms with van der Waals surface area (Å²) in [6.07, 6.45) is -3.56. The molecule has 0 unspecified atom stereocenters. The average molecular weight is 335 g/mol. The van der Waals surface area contributed by atoms with Crippen LogP contribution >= 0.6 is 11.5 Å². The van der Waals surface area contributed by atoms with Crippen molar-refractivity contribution >= 4 is 32.2 Å². The van der Waals surface area contributed by atoms with Crippen LogP contribution in [-0.2, 0) is 9.84 Å². The minimum Gasteiger partial charge on any atom is -0.382 e. The van der Waals surface area contributed by atoms with E-state index in [2.05, 4.69) is 4.37 Å². The molecule has 0 aliphatic carbocycles. The number of nitrogens with two attached hydrogens (primary N) is 1. The van der Waals surface area contributed by atoms with Crippen molar-refractivity contribution in [2.75, 3.05) is 23.3 Å². The Kier molecular flexibility index (Phi) is 5.19. The van der Waals surface area contributed by atoms with E-state index in [1.165, 1.54) is 0 Å². The van der Waals surface area contributed by atoms with Crippen LogP contribution < -0.4 is 11.1 Å². The molecule has 0 amide bonds. The zero-order chi connectivity index (χ0) is 15.6. The van der Waals surface area contributed by atoms with Crippen LogP contribution in [0.2, 0.25) is 0 Å². The number of nitrogen functional groups attached to an aromatic ring is 1. The lowest BCUT2D eigenvalue weighted by molar-refractivity contribution is -0.117. The molecule has 1 rings (SSSR count). The number of hydrogen-bond acceptors (Lipinski definition) is 6. The molecule has 1 aromatic rings. The van der Waals surface area contributed by atoms with E-state index >= 15 is 0 Å². The van der Waals surface area contributed by atoms with Crippen LogP contribution in [0.3, 0.4) is 0 Å². The van der Waals surface area contributed by atoms with E-state index in [-0.39, 0.29) is 16.6 Å². The molecule has 1 aromatic heterocycles. The van der Waals surface area contributed by atoms with Crippen molar-refractivity contribution in [3.05, 3.63) is 0 Å². The van der Waals surface area contributed by atoms with Gasteiger partial charge in [0.25, 0.3) is 0 Å². The van der Waals surface area contributed by atoms with Crippen molar-refractivity contribution in [3.8, 4) is 0 Å². The number of halogens is 4. The lowest BCUT2D eigenvalue weighted by Gasteiger charge is -2.16. The number of alkyl halides is 4. The van der Waals surface area contributed by atoms with E-state index in [1.54, 1.807) is 6.92 Å². The lowest BCUT2D eigenvalue weighted by Crippen LogP contribution is -2.34. The molecule has 5 nitrogen and oxygen atoms in total. The van der Waals surface area contributed by atoms with Gasteiger partial charge in [-0.1, -0.05) is 6.92 Å². The standard InChI is InChI=1S/C9H13F4N3O2S2/c1-2-3-20(17,18)5-6(14)16-19-7(5)15-4-9(12,13)8(10)11/h8,15H,2-4H2,1H3,(H2,14,16). The Hall–Kier alpha value is -1.10. The van der Waals surface area contributed by atoms with Crippen molar-refractivity contribution in [2.24, 2.45) is 0 Å². The van der Waals surface area contributed by atoms with Crippen LogP contribution in [0, 0.1) is 0 Å². The van der Waals surface area contributed by atoms with Gasteiger partial charge in [0.05, 0.1) is 12.3 Å².